The van der Waals surface area contributed by atoms with Crippen molar-refractivity contribution in [1.82, 2.24) is 19.6 Å². The summed E-state index contributed by atoms with van der Waals surface area (Å²) < 4.78 is 15.7. The number of amides is 1. The molecule has 0 spiro atoms. The topological polar surface area (TPSA) is 53.4 Å². The summed E-state index contributed by atoms with van der Waals surface area (Å²) in [5.41, 5.74) is 2.71. The van der Waals surface area contributed by atoms with Gasteiger partial charge in [-0.05, 0) is 31.0 Å². The molecule has 1 aromatic heterocycles. The van der Waals surface area contributed by atoms with Gasteiger partial charge in [0, 0.05) is 50.3 Å². The van der Waals surface area contributed by atoms with Gasteiger partial charge in [-0.1, -0.05) is 36.4 Å². The fraction of sp³-hybridized carbons (Fsp3) is 0.360. The van der Waals surface area contributed by atoms with Gasteiger partial charge in [-0.3, -0.25) is 14.6 Å². The molecule has 1 saturated carbocycles. The maximum absolute atomic E-state index is 13.9. The van der Waals surface area contributed by atoms with Crippen LogP contribution in [0, 0.1) is 5.82 Å². The van der Waals surface area contributed by atoms with Crippen molar-refractivity contribution in [2.75, 3.05) is 38.0 Å². The molecule has 5 rings (SSSR count). The van der Waals surface area contributed by atoms with Gasteiger partial charge in [0.1, 0.15) is 11.6 Å². The molecule has 2 fully saturated rings. The molecule has 1 saturated heterocycles. The molecule has 2 aromatic carbocycles. The van der Waals surface area contributed by atoms with Gasteiger partial charge in [0.25, 0.3) is 0 Å². The van der Waals surface area contributed by atoms with Crippen LogP contribution in [-0.4, -0.2) is 58.2 Å². The van der Waals surface area contributed by atoms with Gasteiger partial charge in [-0.15, -0.1) is 0 Å². The number of aromatic nitrogens is 2. The Balaban J connectivity index is 1.18. The van der Waals surface area contributed by atoms with Gasteiger partial charge in [0.2, 0.25) is 5.91 Å². The molecule has 1 N–H and O–H groups in total. The lowest BCUT2D eigenvalue weighted by Gasteiger charge is -2.34. The molecule has 1 aliphatic carbocycles. The number of piperazine rings is 1. The minimum atomic E-state index is -0.157. The van der Waals surface area contributed by atoms with Crippen molar-refractivity contribution in [3.05, 3.63) is 77.7 Å². The number of hydrogen-bond donors (Lipinski definition) is 1. The summed E-state index contributed by atoms with van der Waals surface area (Å²) in [5, 5.41) is 7.82. The van der Waals surface area contributed by atoms with E-state index in [1.54, 1.807) is 6.07 Å². The zero-order chi connectivity index (χ0) is 21.9. The number of carbonyl (C=O) groups is 1. The maximum atomic E-state index is 13.9. The Hall–Kier alpha value is -3.03. The first-order chi connectivity index (χ1) is 15.7. The molecule has 2 heterocycles. The van der Waals surface area contributed by atoms with Crippen molar-refractivity contribution in [2.24, 2.45) is 0 Å². The van der Waals surface area contributed by atoms with E-state index in [1.807, 2.05) is 53.2 Å². The van der Waals surface area contributed by atoms with Gasteiger partial charge >= 0.3 is 0 Å². The Kier molecular flexibility index (Phi) is 6.01. The number of rotatable bonds is 7. The van der Waals surface area contributed by atoms with Crippen molar-refractivity contribution >= 4 is 11.7 Å². The highest BCUT2D eigenvalue weighted by Crippen LogP contribution is 2.40. The molecule has 166 valence electrons. The van der Waals surface area contributed by atoms with Gasteiger partial charge in [-0.2, -0.15) is 5.10 Å². The van der Waals surface area contributed by atoms with Crippen LogP contribution >= 0.6 is 0 Å². The van der Waals surface area contributed by atoms with Crippen molar-refractivity contribution < 1.29 is 9.18 Å². The number of nitrogens with one attached hydrogen (secondary N) is 1. The lowest BCUT2D eigenvalue weighted by atomic mass is 10.2. The third kappa shape index (κ3) is 4.89. The van der Waals surface area contributed by atoms with Gasteiger partial charge in [0.15, 0.2) is 0 Å². The molecular formula is C25H28FN5O. The first kappa shape index (κ1) is 20.8. The molecule has 0 bridgehead atoms. The zero-order valence-electron chi connectivity index (χ0n) is 18.1. The van der Waals surface area contributed by atoms with E-state index in [0.29, 0.717) is 19.0 Å². The molecule has 6 nitrogen and oxygen atoms in total. The lowest BCUT2D eigenvalue weighted by Crippen LogP contribution is -2.48. The number of anilines is 1. The van der Waals surface area contributed by atoms with Crippen LogP contribution in [0.2, 0.25) is 0 Å². The lowest BCUT2D eigenvalue weighted by molar-refractivity contribution is -0.117. The number of carbonyl (C=O) groups excluding carboxylic acids is 1. The minimum absolute atomic E-state index is 0.0352. The summed E-state index contributed by atoms with van der Waals surface area (Å²) in [4.78, 5) is 17.2. The van der Waals surface area contributed by atoms with E-state index in [0.717, 1.165) is 61.8 Å². The third-order valence-electron chi connectivity index (χ3n) is 6.18. The SMILES string of the molecule is O=C(CN1CCN(Cc2ccccc2F)CC1)Nc1cc(C2CC2)nn1-c1ccccc1. The van der Waals surface area contributed by atoms with E-state index < -0.39 is 0 Å². The summed E-state index contributed by atoms with van der Waals surface area (Å²) >= 11 is 0. The number of hydrogen-bond acceptors (Lipinski definition) is 4. The summed E-state index contributed by atoms with van der Waals surface area (Å²) in [6, 6.07) is 18.8. The van der Waals surface area contributed by atoms with Gasteiger partial charge < -0.3 is 5.32 Å². The van der Waals surface area contributed by atoms with Crippen LogP contribution in [0.3, 0.4) is 0 Å². The molecule has 1 amide bonds. The molecule has 0 unspecified atom stereocenters. The smallest absolute Gasteiger partial charge is 0.239 e. The van der Waals surface area contributed by atoms with Crippen molar-refractivity contribution in [2.45, 2.75) is 25.3 Å². The molecule has 2 aliphatic rings. The Morgan fingerprint density at radius 1 is 0.969 bits per heavy atom. The highest BCUT2D eigenvalue weighted by molar-refractivity contribution is 5.91. The quantitative estimate of drug-likeness (QED) is 0.618. The summed E-state index contributed by atoms with van der Waals surface area (Å²) in [5.74, 6) is 1.04. The van der Waals surface area contributed by atoms with Crippen LogP contribution in [0.1, 0.15) is 30.0 Å². The predicted octanol–water partition coefficient (Wildman–Crippen LogP) is 3.65. The monoisotopic (exact) mass is 433 g/mol. The standard InChI is InChI=1S/C25H28FN5O/c26-22-9-5-4-6-20(22)17-29-12-14-30(15-13-29)18-25(32)27-24-16-23(19-10-11-19)28-31(24)21-7-2-1-3-8-21/h1-9,16,19H,10-15,17-18H2,(H,27,32). The number of para-hydroxylation sites is 1. The average molecular weight is 434 g/mol. The van der Waals surface area contributed by atoms with Crippen molar-refractivity contribution in [3.63, 3.8) is 0 Å². The molecule has 3 aromatic rings. The van der Waals surface area contributed by atoms with Crippen LogP contribution < -0.4 is 5.32 Å². The number of halogens is 1. The van der Waals surface area contributed by atoms with Crippen LogP contribution in [0.4, 0.5) is 10.2 Å². The second kappa shape index (κ2) is 9.22. The van der Waals surface area contributed by atoms with Crippen molar-refractivity contribution in [3.8, 4) is 5.69 Å². The average Bonchev–Trinajstić information content (AvgIpc) is 3.58. The first-order valence-electron chi connectivity index (χ1n) is 11.3. The fourth-order valence-electron chi connectivity index (χ4n) is 4.19. The molecule has 0 radical (unpaired) electrons. The fourth-order valence-corrected chi connectivity index (χ4v) is 4.19. The van der Waals surface area contributed by atoms with Gasteiger partial charge in [0.05, 0.1) is 17.9 Å². The first-order valence-corrected chi connectivity index (χ1v) is 11.3. The minimum Gasteiger partial charge on any atom is -0.309 e. The van der Waals surface area contributed by atoms with Crippen LogP contribution in [0.5, 0.6) is 0 Å². The predicted molar refractivity (Wildman–Crippen MR) is 122 cm³/mol. The van der Waals surface area contributed by atoms with Crippen LogP contribution in [0.15, 0.2) is 60.7 Å². The number of benzene rings is 2. The Morgan fingerprint density at radius 3 is 2.38 bits per heavy atom. The van der Waals surface area contributed by atoms with E-state index in [-0.39, 0.29) is 11.7 Å². The second-order valence-electron chi connectivity index (χ2n) is 8.67. The van der Waals surface area contributed by atoms with E-state index in [1.165, 1.54) is 6.07 Å². The largest absolute Gasteiger partial charge is 0.309 e. The molecule has 1 aliphatic heterocycles. The van der Waals surface area contributed by atoms with E-state index in [4.69, 9.17) is 5.10 Å². The highest BCUT2D eigenvalue weighted by atomic mass is 19.1. The normalized spacial score (nSPS) is 17.4. The zero-order valence-corrected chi connectivity index (χ0v) is 18.1. The number of nitrogens with zero attached hydrogens (tertiary/aromatic N) is 4. The third-order valence-corrected chi connectivity index (χ3v) is 6.18. The summed E-state index contributed by atoms with van der Waals surface area (Å²) in [6.45, 7) is 4.14. The molecule has 0 atom stereocenters. The van der Waals surface area contributed by atoms with Crippen LogP contribution in [0.25, 0.3) is 5.69 Å². The molecule has 32 heavy (non-hydrogen) atoms. The molecule has 7 heteroatoms. The van der Waals surface area contributed by atoms with Gasteiger partial charge in [-0.25, -0.2) is 9.07 Å². The van der Waals surface area contributed by atoms with E-state index in [2.05, 4.69) is 15.1 Å². The Morgan fingerprint density at radius 2 is 1.66 bits per heavy atom. The molecular weight excluding hydrogens is 405 g/mol. The maximum Gasteiger partial charge on any atom is 0.239 e. The Bertz CT molecular complexity index is 1070. The summed E-state index contributed by atoms with van der Waals surface area (Å²) in [6.07, 6.45) is 2.33. The van der Waals surface area contributed by atoms with Crippen LogP contribution in [-0.2, 0) is 11.3 Å². The van der Waals surface area contributed by atoms with Crippen molar-refractivity contribution in [1.29, 1.82) is 0 Å². The highest BCUT2D eigenvalue weighted by Gasteiger charge is 2.28. The summed E-state index contributed by atoms with van der Waals surface area (Å²) in [7, 11) is 0. The van der Waals surface area contributed by atoms with E-state index >= 15 is 0 Å². The Labute approximate surface area is 187 Å². The van der Waals surface area contributed by atoms with E-state index in [9.17, 15) is 9.18 Å². The second-order valence-corrected chi connectivity index (χ2v) is 8.67.